The van der Waals surface area contributed by atoms with Crippen LogP contribution in [0.1, 0.15) is 5.56 Å². The van der Waals surface area contributed by atoms with Crippen LogP contribution in [0.3, 0.4) is 0 Å². The fraction of sp³-hybridized carbons (Fsp3) is 0.238. The molecule has 3 rings (SSSR count). The molecular weight excluding hydrogens is 461 g/mol. The highest BCUT2D eigenvalue weighted by Crippen LogP contribution is 2.36. The van der Waals surface area contributed by atoms with E-state index in [0.717, 1.165) is 11.3 Å². The average molecular weight is 482 g/mol. The molecule has 0 atom stereocenters. The Morgan fingerprint density at radius 1 is 1.10 bits per heavy atom. The molecule has 1 aromatic heterocycles. The second-order valence-corrected chi connectivity index (χ2v) is 7.91. The number of thiazole rings is 1. The van der Waals surface area contributed by atoms with Crippen molar-refractivity contribution < 1.29 is 19.3 Å². The summed E-state index contributed by atoms with van der Waals surface area (Å²) in [5, 5.41) is 17.8. The third kappa shape index (κ3) is 5.40. The minimum Gasteiger partial charge on any atom is -0.502 e. The van der Waals surface area contributed by atoms with Gasteiger partial charge in [-0.15, -0.1) is 11.3 Å². The zero-order chi connectivity index (χ0) is 22.4. The van der Waals surface area contributed by atoms with Crippen LogP contribution in [0.4, 0.5) is 0 Å². The predicted octanol–water partition coefficient (Wildman–Crippen LogP) is 4.68. The molecule has 0 saturated heterocycles. The van der Waals surface area contributed by atoms with E-state index in [2.05, 4.69) is 10.1 Å². The van der Waals surface area contributed by atoms with Crippen molar-refractivity contribution in [1.82, 2.24) is 4.68 Å². The maximum absolute atomic E-state index is 10.1. The lowest BCUT2D eigenvalue weighted by atomic mass is 10.2. The quantitative estimate of drug-likeness (QED) is 0.374. The maximum atomic E-state index is 10.1. The molecule has 0 amide bonds. The van der Waals surface area contributed by atoms with Gasteiger partial charge in [-0.05, 0) is 30.3 Å². The fourth-order valence-corrected chi connectivity index (χ4v) is 3.99. The molecule has 0 aliphatic carbocycles. The van der Waals surface area contributed by atoms with Crippen molar-refractivity contribution in [2.75, 3.05) is 34.5 Å². The number of rotatable bonds is 8. The predicted molar refractivity (Wildman–Crippen MR) is 124 cm³/mol. The molecule has 0 unspecified atom stereocenters. The van der Waals surface area contributed by atoms with Gasteiger partial charge in [0.15, 0.2) is 11.5 Å². The Balaban J connectivity index is 2.12. The molecule has 31 heavy (non-hydrogen) atoms. The molecule has 1 heterocycles. The number of nitrogens with zero attached hydrogens (tertiary/aromatic N) is 3. The number of benzene rings is 2. The molecule has 1 N–H and O–H groups in total. The van der Waals surface area contributed by atoms with Gasteiger partial charge in [0.2, 0.25) is 10.6 Å². The lowest BCUT2D eigenvalue weighted by Gasteiger charge is -2.09. The first-order valence-electron chi connectivity index (χ1n) is 9.13. The van der Waals surface area contributed by atoms with Crippen molar-refractivity contribution in [3.05, 3.63) is 56.1 Å². The average Bonchev–Trinajstić information content (AvgIpc) is 3.17. The topological polar surface area (TPSA) is 77.6 Å². The minimum absolute atomic E-state index is 0.0769. The molecule has 7 nitrogen and oxygen atoms in total. The van der Waals surface area contributed by atoms with Crippen LogP contribution in [0, 0.1) is 0 Å². The first kappa shape index (κ1) is 23.1. The Hall–Kier alpha value is -2.52. The molecule has 0 aliphatic rings. The zero-order valence-electron chi connectivity index (χ0n) is 17.1. The Kier molecular flexibility index (Phi) is 7.97. The number of methoxy groups -OCH3 is 3. The fourth-order valence-electron chi connectivity index (χ4n) is 2.74. The Labute approximate surface area is 193 Å². The summed E-state index contributed by atoms with van der Waals surface area (Å²) in [6.07, 6.45) is 1.62. The molecule has 0 saturated carbocycles. The van der Waals surface area contributed by atoms with Crippen molar-refractivity contribution in [2.45, 2.75) is 0 Å². The first-order valence-corrected chi connectivity index (χ1v) is 10.8. The maximum Gasteiger partial charge on any atom is 0.206 e. The molecular formula is C21H21Cl2N3O4S. The number of hydrogen-bond acceptors (Lipinski definition) is 7. The van der Waals surface area contributed by atoms with E-state index in [-0.39, 0.29) is 17.2 Å². The minimum atomic E-state index is -0.0769. The van der Waals surface area contributed by atoms with Crippen LogP contribution in [-0.2, 0) is 4.74 Å². The summed E-state index contributed by atoms with van der Waals surface area (Å²) in [7, 11) is 4.56. The summed E-state index contributed by atoms with van der Waals surface area (Å²) < 4.78 is 17.2. The number of aromatic hydroxyl groups is 1. The molecule has 10 heteroatoms. The van der Waals surface area contributed by atoms with Gasteiger partial charge in [0.25, 0.3) is 0 Å². The number of ether oxygens (including phenoxy) is 3. The normalized spacial score (nSPS) is 12.0. The van der Waals surface area contributed by atoms with Crippen molar-refractivity contribution in [3.8, 4) is 28.5 Å². The number of halogens is 2. The van der Waals surface area contributed by atoms with Crippen molar-refractivity contribution in [2.24, 2.45) is 10.1 Å². The molecule has 0 bridgehead atoms. The third-order valence-electron chi connectivity index (χ3n) is 4.26. The largest absolute Gasteiger partial charge is 0.502 e. The summed E-state index contributed by atoms with van der Waals surface area (Å²) in [6, 6.07) is 8.56. The van der Waals surface area contributed by atoms with Gasteiger partial charge in [-0.2, -0.15) is 5.10 Å². The summed E-state index contributed by atoms with van der Waals surface area (Å²) >= 11 is 14.0. The van der Waals surface area contributed by atoms with Crippen LogP contribution in [-0.4, -0.2) is 50.5 Å². The third-order valence-corrected chi connectivity index (χ3v) is 5.68. The van der Waals surface area contributed by atoms with Gasteiger partial charge in [-0.25, -0.2) is 4.68 Å². The van der Waals surface area contributed by atoms with Crippen molar-refractivity contribution in [1.29, 1.82) is 0 Å². The lowest BCUT2D eigenvalue weighted by Crippen LogP contribution is -2.14. The van der Waals surface area contributed by atoms with E-state index in [1.54, 1.807) is 48.3 Å². The highest BCUT2D eigenvalue weighted by Gasteiger charge is 2.13. The Morgan fingerprint density at radius 2 is 1.81 bits per heavy atom. The highest BCUT2D eigenvalue weighted by molar-refractivity contribution is 7.07. The van der Waals surface area contributed by atoms with E-state index in [9.17, 15) is 5.11 Å². The zero-order valence-corrected chi connectivity index (χ0v) is 19.5. The number of phenolic OH excluding ortho intramolecular Hbond substituents is 1. The van der Waals surface area contributed by atoms with Gasteiger partial charge in [0, 0.05) is 28.6 Å². The number of aromatic nitrogens is 1. The van der Waals surface area contributed by atoms with Crippen molar-refractivity contribution >= 4 is 40.8 Å². The monoisotopic (exact) mass is 481 g/mol. The van der Waals surface area contributed by atoms with Crippen LogP contribution in [0.2, 0.25) is 10.0 Å². The van der Waals surface area contributed by atoms with Gasteiger partial charge < -0.3 is 19.3 Å². The molecule has 164 valence electrons. The van der Waals surface area contributed by atoms with E-state index in [4.69, 9.17) is 37.4 Å². The molecule has 3 aromatic rings. The van der Waals surface area contributed by atoms with E-state index in [1.807, 2.05) is 5.38 Å². The van der Waals surface area contributed by atoms with E-state index < -0.39 is 0 Å². The molecule has 2 aromatic carbocycles. The van der Waals surface area contributed by atoms with Gasteiger partial charge in [-0.3, -0.25) is 4.99 Å². The van der Waals surface area contributed by atoms with E-state index in [0.29, 0.717) is 33.6 Å². The second-order valence-electron chi connectivity index (χ2n) is 6.23. The Bertz CT molecular complexity index is 1130. The summed E-state index contributed by atoms with van der Waals surface area (Å²) in [5.41, 5.74) is 2.13. The van der Waals surface area contributed by atoms with Crippen LogP contribution in [0.5, 0.6) is 17.2 Å². The summed E-state index contributed by atoms with van der Waals surface area (Å²) in [5.74, 6) is 0.477. The van der Waals surface area contributed by atoms with Gasteiger partial charge in [0.05, 0.1) is 44.3 Å². The molecule has 0 radical (unpaired) electrons. The van der Waals surface area contributed by atoms with E-state index >= 15 is 0 Å². The second kappa shape index (κ2) is 10.7. The molecule has 0 spiro atoms. The van der Waals surface area contributed by atoms with Crippen LogP contribution in [0.25, 0.3) is 11.3 Å². The molecule has 0 aliphatic heterocycles. The number of hydrogen-bond donors (Lipinski definition) is 1. The van der Waals surface area contributed by atoms with Crippen LogP contribution >= 0.6 is 34.5 Å². The summed E-state index contributed by atoms with van der Waals surface area (Å²) in [4.78, 5) is 5.23. The smallest absolute Gasteiger partial charge is 0.206 e. The molecule has 0 fully saturated rings. The van der Waals surface area contributed by atoms with Gasteiger partial charge in [-0.1, -0.05) is 23.2 Å². The first-order chi connectivity index (χ1) is 15.0. The number of phenols is 1. The lowest BCUT2D eigenvalue weighted by molar-refractivity contribution is 0.207. The SMILES string of the molecule is COCCN=c1scc(-c2cc(Cl)ccc2Cl)n1N=Cc1cc(OC)c(O)c(OC)c1. The standard InChI is InChI=1S/C21H21Cl2N3O4S/c1-28-7-6-24-21-26(17(12-31-21)15-10-14(22)4-5-16(15)23)25-11-13-8-18(29-2)20(27)19(9-13)30-3/h4-5,8-12,27H,6-7H2,1-3H3. The van der Waals surface area contributed by atoms with Gasteiger partial charge >= 0.3 is 0 Å². The highest BCUT2D eigenvalue weighted by atomic mass is 35.5. The van der Waals surface area contributed by atoms with Gasteiger partial charge in [0.1, 0.15) is 0 Å². The van der Waals surface area contributed by atoms with Crippen molar-refractivity contribution in [3.63, 3.8) is 0 Å². The van der Waals surface area contributed by atoms with Crippen LogP contribution < -0.4 is 14.3 Å². The Morgan fingerprint density at radius 3 is 2.45 bits per heavy atom. The van der Waals surface area contributed by atoms with Crippen LogP contribution in [0.15, 0.2) is 45.8 Å². The summed E-state index contributed by atoms with van der Waals surface area (Å²) in [6.45, 7) is 0.970. The van der Waals surface area contributed by atoms with E-state index in [1.165, 1.54) is 25.6 Å².